The summed E-state index contributed by atoms with van der Waals surface area (Å²) in [5, 5.41) is 9.50. The molecule has 0 bridgehead atoms. The molecular weight excluding hydrogens is 453 g/mol. The summed E-state index contributed by atoms with van der Waals surface area (Å²) in [5.74, 6) is 0.507. The van der Waals surface area contributed by atoms with Crippen molar-refractivity contribution in [2.75, 3.05) is 10.6 Å². The zero-order chi connectivity index (χ0) is 25.3. The Morgan fingerprint density at radius 2 is 1.61 bits per heavy atom. The Labute approximate surface area is 211 Å². The highest BCUT2D eigenvalue weighted by Gasteiger charge is 2.20. The molecule has 3 aromatic carbocycles. The van der Waals surface area contributed by atoms with Crippen LogP contribution in [0.25, 0.3) is 0 Å². The molecule has 0 aliphatic carbocycles. The first-order valence-electron chi connectivity index (χ1n) is 11.9. The highest BCUT2D eigenvalue weighted by atomic mass is 19.1. The Morgan fingerprint density at radius 3 is 2.39 bits per heavy atom. The van der Waals surface area contributed by atoms with Gasteiger partial charge in [0.05, 0.1) is 0 Å². The number of halogens is 1. The lowest BCUT2D eigenvalue weighted by molar-refractivity contribution is -0.122. The maximum atomic E-state index is 13.5. The topological polar surface area (TPSA) is 78.9 Å². The molecule has 4 aromatic rings. The zero-order valence-electron chi connectivity index (χ0n) is 20.5. The molecule has 0 unspecified atom stereocenters. The predicted octanol–water partition coefficient (Wildman–Crippen LogP) is 5.18. The van der Waals surface area contributed by atoms with Gasteiger partial charge in [0.1, 0.15) is 17.7 Å². The second kappa shape index (κ2) is 11.9. The predicted molar refractivity (Wildman–Crippen MR) is 141 cm³/mol. The van der Waals surface area contributed by atoms with E-state index >= 15 is 0 Å². The Bertz CT molecular complexity index is 1310. The van der Waals surface area contributed by atoms with Crippen LogP contribution in [0, 0.1) is 19.7 Å². The third kappa shape index (κ3) is 7.12. The standard InChI is InChI=1S/C29H30FN5O/c1-20-9-6-7-13-24(20)19-32-29-33-21(2)15-27(35-29)34-26(17-22-10-4-3-5-11-22)28(36)31-18-23-12-8-14-25(30)16-23/h3-16,26H,17-19H2,1-2H3,(H,31,36)(H2,32,33,34,35)/t26-/m0/s1. The van der Waals surface area contributed by atoms with E-state index in [0.29, 0.717) is 30.3 Å². The lowest BCUT2D eigenvalue weighted by Gasteiger charge is -2.20. The van der Waals surface area contributed by atoms with Crippen molar-refractivity contribution in [3.8, 4) is 0 Å². The van der Waals surface area contributed by atoms with Gasteiger partial charge in [0, 0.05) is 31.3 Å². The molecule has 0 saturated heterocycles. The first-order valence-corrected chi connectivity index (χ1v) is 11.9. The number of carbonyl (C=O) groups is 1. The summed E-state index contributed by atoms with van der Waals surface area (Å²) in [6, 6.07) is 25.4. The fraction of sp³-hybridized carbons (Fsp3) is 0.207. The summed E-state index contributed by atoms with van der Waals surface area (Å²) in [5.41, 5.74) is 4.84. The second-order valence-corrected chi connectivity index (χ2v) is 8.73. The van der Waals surface area contributed by atoms with Crippen molar-refractivity contribution < 1.29 is 9.18 Å². The van der Waals surface area contributed by atoms with Crippen LogP contribution >= 0.6 is 0 Å². The van der Waals surface area contributed by atoms with Crippen LogP contribution in [0.4, 0.5) is 16.2 Å². The van der Waals surface area contributed by atoms with Crippen LogP contribution in [0.1, 0.15) is 27.9 Å². The molecular formula is C29H30FN5O. The number of nitrogens with one attached hydrogen (secondary N) is 3. The normalized spacial score (nSPS) is 11.5. The summed E-state index contributed by atoms with van der Waals surface area (Å²) in [6.45, 7) is 4.78. The van der Waals surface area contributed by atoms with Gasteiger partial charge in [0.25, 0.3) is 0 Å². The minimum Gasteiger partial charge on any atom is -0.358 e. The second-order valence-electron chi connectivity index (χ2n) is 8.73. The quantitative estimate of drug-likeness (QED) is 0.290. The Balaban J connectivity index is 1.49. The van der Waals surface area contributed by atoms with Gasteiger partial charge >= 0.3 is 0 Å². The molecule has 1 atom stereocenters. The Kier molecular flexibility index (Phi) is 8.24. The van der Waals surface area contributed by atoms with E-state index in [9.17, 15) is 9.18 Å². The Morgan fingerprint density at radius 1 is 0.861 bits per heavy atom. The zero-order valence-corrected chi connectivity index (χ0v) is 20.5. The fourth-order valence-corrected chi connectivity index (χ4v) is 3.90. The number of benzene rings is 3. The summed E-state index contributed by atoms with van der Waals surface area (Å²) < 4.78 is 13.5. The van der Waals surface area contributed by atoms with Gasteiger partial charge in [-0.1, -0.05) is 66.7 Å². The Hall–Kier alpha value is -4.26. The number of rotatable bonds is 10. The molecule has 7 heteroatoms. The highest BCUT2D eigenvalue weighted by molar-refractivity contribution is 5.84. The molecule has 6 nitrogen and oxygen atoms in total. The first-order chi connectivity index (χ1) is 17.5. The van der Waals surface area contributed by atoms with E-state index in [1.807, 2.05) is 55.5 Å². The summed E-state index contributed by atoms with van der Waals surface area (Å²) >= 11 is 0. The largest absolute Gasteiger partial charge is 0.358 e. The van der Waals surface area contributed by atoms with Crippen LogP contribution in [0.15, 0.2) is 84.9 Å². The van der Waals surface area contributed by atoms with Crippen molar-refractivity contribution in [3.63, 3.8) is 0 Å². The van der Waals surface area contributed by atoms with Gasteiger partial charge in [-0.05, 0) is 48.2 Å². The molecule has 1 amide bonds. The summed E-state index contributed by atoms with van der Waals surface area (Å²) in [7, 11) is 0. The maximum Gasteiger partial charge on any atom is 0.243 e. The van der Waals surface area contributed by atoms with Crippen LogP contribution in [0.5, 0.6) is 0 Å². The van der Waals surface area contributed by atoms with E-state index in [1.54, 1.807) is 12.1 Å². The average molecular weight is 484 g/mol. The molecule has 1 aromatic heterocycles. The van der Waals surface area contributed by atoms with Gasteiger partial charge < -0.3 is 16.0 Å². The number of aromatic nitrogens is 2. The van der Waals surface area contributed by atoms with Crippen molar-refractivity contribution in [2.24, 2.45) is 0 Å². The molecule has 36 heavy (non-hydrogen) atoms. The van der Waals surface area contributed by atoms with Gasteiger partial charge in [-0.3, -0.25) is 4.79 Å². The molecule has 0 radical (unpaired) electrons. The van der Waals surface area contributed by atoms with E-state index in [4.69, 9.17) is 0 Å². The third-order valence-corrected chi connectivity index (χ3v) is 5.83. The summed E-state index contributed by atoms with van der Waals surface area (Å²) in [4.78, 5) is 22.3. The number of amides is 1. The van der Waals surface area contributed by atoms with Gasteiger partial charge in [-0.15, -0.1) is 0 Å². The molecule has 4 rings (SSSR count). The van der Waals surface area contributed by atoms with Crippen molar-refractivity contribution in [2.45, 2.75) is 39.4 Å². The van der Waals surface area contributed by atoms with Crippen molar-refractivity contribution in [1.29, 1.82) is 0 Å². The molecule has 0 saturated carbocycles. The fourth-order valence-electron chi connectivity index (χ4n) is 3.90. The molecule has 0 spiro atoms. The van der Waals surface area contributed by atoms with Gasteiger partial charge in [0.15, 0.2) is 0 Å². The van der Waals surface area contributed by atoms with E-state index in [1.165, 1.54) is 17.7 Å². The van der Waals surface area contributed by atoms with Crippen LogP contribution in [-0.2, 0) is 24.3 Å². The number of anilines is 2. The monoisotopic (exact) mass is 483 g/mol. The minimum atomic E-state index is -0.584. The summed E-state index contributed by atoms with van der Waals surface area (Å²) in [6.07, 6.45) is 0.463. The third-order valence-electron chi connectivity index (χ3n) is 5.83. The average Bonchev–Trinajstić information content (AvgIpc) is 2.87. The van der Waals surface area contributed by atoms with Gasteiger partial charge in [-0.2, -0.15) is 4.98 Å². The van der Waals surface area contributed by atoms with E-state index < -0.39 is 6.04 Å². The highest BCUT2D eigenvalue weighted by Crippen LogP contribution is 2.15. The SMILES string of the molecule is Cc1cc(N[C@@H](Cc2ccccc2)C(=O)NCc2cccc(F)c2)nc(NCc2ccccc2C)n1. The van der Waals surface area contributed by atoms with Crippen LogP contribution < -0.4 is 16.0 Å². The van der Waals surface area contributed by atoms with Crippen LogP contribution in [-0.4, -0.2) is 21.9 Å². The number of hydrogen-bond acceptors (Lipinski definition) is 5. The number of hydrogen-bond donors (Lipinski definition) is 3. The molecule has 0 aliphatic rings. The van der Waals surface area contributed by atoms with E-state index in [-0.39, 0.29) is 18.3 Å². The number of nitrogens with zero attached hydrogens (tertiary/aromatic N) is 2. The first kappa shape index (κ1) is 24.9. The van der Waals surface area contributed by atoms with Gasteiger partial charge in [-0.25, -0.2) is 9.37 Å². The van der Waals surface area contributed by atoms with Crippen molar-refractivity contribution in [1.82, 2.24) is 15.3 Å². The number of carbonyl (C=O) groups excluding carboxylic acids is 1. The lowest BCUT2D eigenvalue weighted by atomic mass is 10.0. The smallest absolute Gasteiger partial charge is 0.243 e. The lowest BCUT2D eigenvalue weighted by Crippen LogP contribution is -2.41. The molecule has 184 valence electrons. The molecule has 1 heterocycles. The van der Waals surface area contributed by atoms with Gasteiger partial charge in [0.2, 0.25) is 11.9 Å². The maximum absolute atomic E-state index is 13.5. The minimum absolute atomic E-state index is 0.200. The molecule has 0 aliphatic heterocycles. The van der Waals surface area contributed by atoms with Crippen molar-refractivity contribution >= 4 is 17.7 Å². The van der Waals surface area contributed by atoms with Crippen molar-refractivity contribution in [3.05, 3.63) is 119 Å². The van der Waals surface area contributed by atoms with E-state index in [0.717, 1.165) is 16.8 Å². The molecule has 0 fully saturated rings. The van der Waals surface area contributed by atoms with Crippen LogP contribution in [0.2, 0.25) is 0 Å². The molecule has 3 N–H and O–H groups in total. The number of aryl methyl sites for hydroxylation is 2. The van der Waals surface area contributed by atoms with Crippen LogP contribution in [0.3, 0.4) is 0 Å². The van der Waals surface area contributed by atoms with E-state index in [2.05, 4.69) is 45.0 Å².